The lowest BCUT2D eigenvalue weighted by atomic mass is 10.1. The van der Waals surface area contributed by atoms with Crippen LogP contribution in [0.3, 0.4) is 0 Å². The molecule has 0 bridgehead atoms. The molecular weight excluding hydrogens is 326 g/mol. The summed E-state index contributed by atoms with van der Waals surface area (Å²) in [5.41, 5.74) is 1.12. The van der Waals surface area contributed by atoms with Gasteiger partial charge in [0.1, 0.15) is 18.8 Å². The quantitative estimate of drug-likeness (QED) is 0.608. The van der Waals surface area contributed by atoms with Crippen LogP contribution in [-0.4, -0.2) is 36.7 Å². The van der Waals surface area contributed by atoms with E-state index in [0.717, 1.165) is 0 Å². The van der Waals surface area contributed by atoms with Gasteiger partial charge < -0.3 is 18.7 Å². The molecule has 132 valence electrons. The number of ether oxygens (including phenoxy) is 3. The molecular formula is C18H19NO6. The fourth-order valence-corrected chi connectivity index (χ4v) is 2.53. The smallest absolute Gasteiger partial charge is 0.344 e. The van der Waals surface area contributed by atoms with Gasteiger partial charge in [-0.1, -0.05) is 19.0 Å². The van der Waals surface area contributed by atoms with Crippen molar-refractivity contribution in [2.75, 3.05) is 19.8 Å². The highest BCUT2D eigenvalue weighted by Crippen LogP contribution is 2.31. The summed E-state index contributed by atoms with van der Waals surface area (Å²) in [5, 5.41) is 3.80. The topological polar surface area (TPSA) is 87.9 Å². The molecule has 0 saturated heterocycles. The molecule has 0 N–H and O–H groups in total. The number of carbonyl (C=O) groups excluding carboxylic acids is 2. The zero-order valence-corrected chi connectivity index (χ0v) is 14.3. The highest BCUT2D eigenvalue weighted by molar-refractivity contribution is 6.00. The van der Waals surface area contributed by atoms with Crippen molar-refractivity contribution in [1.82, 2.24) is 5.16 Å². The van der Waals surface area contributed by atoms with E-state index in [0.29, 0.717) is 41.7 Å². The molecule has 1 aliphatic heterocycles. The number of hydrogen-bond acceptors (Lipinski definition) is 7. The average molecular weight is 345 g/mol. The summed E-state index contributed by atoms with van der Waals surface area (Å²) in [6.07, 6.45) is 0. The minimum absolute atomic E-state index is 0.0164. The molecule has 0 spiro atoms. The van der Waals surface area contributed by atoms with Crippen molar-refractivity contribution >= 4 is 11.8 Å². The Morgan fingerprint density at radius 1 is 1.20 bits per heavy atom. The van der Waals surface area contributed by atoms with Crippen LogP contribution in [0.15, 0.2) is 22.7 Å². The monoisotopic (exact) mass is 345 g/mol. The van der Waals surface area contributed by atoms with E-state index in [1.54, 1.807) is 25.1 Å². The molecule has 7 heteroatoms. The van der Waals surface area contributed by atoms with Gasteiger partial charge in [-0.2, -0.15) is 0 Å². The number of carbonyl (C=O) groups is 2. The van der Waals surface area contributed by atoms with Crippen LogP contribution in [0.1, 0.15) is 51.9 Å². The van der Waals surface area contributed by atoms with Crippen molar-refractivity contribution in [3.05, 3.63) is 40.8 Å². The van der Waals surface area contributed by atoms with Crippen LogP contribution in [0, 0.1) is 6.92 Å². The Balaban J connectivity index is 1.68. The first-order valence-electron chi connectivity index (χ1n) is 8.03. The molecule has 7 nitrogen and oxygen atoms in total. The molecule has 0 unspecified atom stereocenters. The number of aryl methyl sites for hydroxylation is 1. The van der Waals surface area contributed by atoms with Gasteiger partial charge in [0.05, 0.1) is 5.69 Å². The molecule has 0 saturated carbocycles. The number of aromatic nitrogens is 1. The van der Waals surface area contributed by atoms with Gasteiger partial charge in [0.25, 0.3) is 0 Å². The Kier molecular flexibility index (Phi) is 4.74. The molecule has 1 aliphatic rings. The SMILES string of the molecule is Cc1noc(C(C)C)c1C(=O)OCC(=O)c1ccc2c(c1)OCCO2. The second-order valence-electron chi connectivity index (χ2n) is 6.02. The van der Waals surface area contributed by atoms with E-state index in [2.05, 4.69) is 5.16 Å². The van der Waals surface area contributed by atoms with E-state index >= 15 is 0 Å². The number of hydrogen-bond donors (Lipinski definition) is 0. The number of benzene rings is 1. The first-order chi connectivity index (χ1) is 12.0. The molecule has 0 fully saturated rings. The van der Waals surface area contributed by atoms with Crippen molar-refractivity contribution in [2.24, 2.45) is 0 Å². The van der Waals surface area contributed by atoms with Gasteiger partial charge in [0.15, 0.2) is 29.6 Å². The number of ketones is 1. The molecule has 0 radical (unpaired) electrons. The standard InChI is InChI=1S/C18H19NO6/c1-10(2)17-16(11(3)19-25-17)18(21)24-9-13(20)12-4-5-14-15(8-12)23-7-6-22-14/h4-5,8,10H,6-7,9H2,1-3H3. The minimum Gasteiger partial charge on any atom is -0.486 e. The molecule has 1 aromatic carbocycles. The molecule has 25 heavy (non-hydrogen) atoms. The van der Waals surface area contributed by atoms with Crippen LogP contribution < -0.4 is 9.47 Å². The fourth-order valence-electron chi connectivity index (χ4n) is 2.53. The Bertz CT molecular complexity index is 808. The van der Waals surface area contributed by atoms with Gasteiger partial charge in [0.2, 0.25) is 0 Å². The normalized spacial score (nSPS) is 13.0. The lowest BCUT2D eigenvalue weighted by molar-refractivity contribution is 0.0471. The summed E-state index contributed by atoms with van der Waals surface area (Å²) >= 11 is 0. The van der Waals surface area contributed by atoms with Crippen molar-refractivity contribution in [2.45, 2.75) is 26.7 Å². The van der Waals surface area contributed by atoms with Crippen molar-refractivity contribution in [1.29, 1.82) is 0 Å². The number of rotatable bonds is 5. The van der Waals surface area contributed by atoms with Crippen molar-refractivity contribution in [3.63, 3.8) is 0 Å². The average Bonchev–Trinajstić information content (AvgIpc) is 3.01. The number of fused-ring (bicyclic) bond motifs is 1. The predicted octanol–water partition coefficient (Wildman–Crippen LogP) is 2.92. The second kappa shape index (κ2) is 6.96. The third-order valence-corrected chi connectivity index (χ3v) is 3.82. The Hall–Kier alpha value is -2.83. The third-order valence-electron chi connectivity index (χ3n) is 3.82. The molecule has 0 amide bonds. The summed E-state index contributed by atoms with van der Waals surface area (Å²) in [7, 11) is 0. The molecule has 1 aromatic heterocycles. The Morgan fingerprint density at radius 2 is 1.92 bits per heavy atom. The number of nitrogens with zero attached hydrogens (tertiary/aromatic N) is 1. The zero-order chi connectivity index (χ0) is 18.0. The molecule has 3 rings (SSSR count). The van der Waals surface area contributed by atoms with E-state index in [1.165, 1.54) is 0 Å². The van der Waals surface area contributed by atoms with Crippen LogP contribution in [0.2, 0.25) is 0 Å². The summed E-state index contributed by atoms with van der Waals surface area (Å²) in [6, 6.07) is 4.88. The van der Waals surface area contributed by atoms with E-state index < -0.39 is 5.97 Å². The van der Waals surface area contributed by atoms with Crippen LogP contribution >= 0.6 is 0 Å². The molecule has 2 heterocycles. The van der Waals surface area contributed by atoms with Crippen LogP contribution in [0.25, 0.3) is 0 Å². The zero-order valence-electron chi connectivity index (χ0n) is 14.3. The maximum absolute atomic E-state index is 12.3. The summed E-state index contributed by atoms with van der Waals surface area (Å²) in [4.78, 5) is 24.6. The van der Waals surface area contributed by atoms with Gasteiger partial charge in [-0.05, 0) is 25.1 Å². The lowest BCUT2D eigenvalue weighted by Gasteiger charge is -2.18. The first kappa shape index (κ1) is 17.0. The van der Waals surface area contributed by atoms with Crippen molar-refractivity contribution < 1.29 is 28.3 Å². The first-order valence-corrected chi connectivity index (χ1v) is 8.03. The number of Topliss-reactive ketones (excluding diaryl/α,β-unsaturated/α-hetero) is 1. The molecule has 0 aliphatic carbocycles. The third kappa shape index (κ3) is 3.50. The second-order valence-corrected chi connectivity index (χ2v) is 6.02. The fraction of sp³-hybridized carbons (Fsp3) is 0.389. The highest BCUT2D eigenvalue weighted by Gasteiger charge is 2.25. The van der Waals surface area contributed by atoms with E-state index in [-0.39, 0.29) is 23.9 Å². The van der Waals surface area contributed by atoms with Crippen LogP contribution in [0.5, 0.6) is 11.5 Å². The highest BCUT2D eigenvalue weighted by atomic mass is 16.6. The minimum atomic E-state index is -0.617. The van der Waals surface area contributed by atoms with Gasteiger partial charge in [-0.3, -0.25) is 4.79 Å². The summed E-state index contributed by atoms with van der Waals surface area (Å²) in [6.45, 7) is 5.97. The van der Waals surface area contributed by atoms with Crippen LogP contribution in [0.4, 0.5) is 0 Å². The summed E-state index contributed by atoms with van der Waals surface area (Å²) in [5.74, 6) is 0.604. The Labute approximate surface area is 144 Å². The lowest BCUT2D eigenvalue weighted by Crippen LogP contribution is -2.18. The van der Waals surface area contributed by atoms with Gasteiger partial charge >= 0.3 is 5.97 Å². The number of esters is 1. The molecule has 2 aromatic rings. The van der Waals surface area contributed by atoms with Gasteiger partial charge in [0, 0.05) is 11.5 Å². The largest absolute Gasteiger partial charge is 0.486 e. The van der Waals surface area contributed by atoms with Crippen molar-refractivity contribution in [3.8, 4) is 11.5 Å². The summed E-state index contributed by atoms with van der Waals surface area (Å²) < 4.78 is 21.2. The predicted molar refractivity (Wildman–Crippen MR) is 87.4 cm³/mol. The maximum Gasteiger partial charge on any atom is 0.344 e. The maximum atomic E-state index is 12.3. The van der Waals surface area contributed by atoms with E-state index in [4.69, 9.17) is 18.7 Å². The van der Waals surface area contributed by atoms with Gasteiger partial charge in [-0.25, -0.2) is 4.79 Å². The van der Waals surface area contributed by atoms with E-state index in [1.807, 2.05) is 13.8 Å². The van der Waals surface area contributed by atoms with Gasteiger partial charge in [-0.15, -0.1) is 0 Å². The van der Waals surface area contributed by atoms with Crippen LogP contribution in [-0.2, 0) is 4.74 Å². The molecule has 0 atom stereocenters. The van der Waals surface area contributed by atoms with E-state index in [9.17, 15) is 9.59 Å². The Morgan fingerprint density at radius 3 is 2.64 bits per heavy atom.